The summed E-state index contributed by atoms with van der Waals surface area (Å²) < 4.78 is 6.44. The quantitative estimate of drug-likeness (QED) is 0.212. The van der Waals surface area contributed by atoms with Crippen LogP contribution in [0.25, 0.3) is 0 Å². The number of amides is 4. The van der Waals surface area contributed by atoms with Crippen molar-refractivity contribution in [1.29, 1.82) is 0 Å². The first kappa shape index (κ1) is 27.3. The van der Waals surface area contributed by atoms with Crippen LogP contribution in [-0.2, 0) is 16.1 Å². The van der Waals surface area contributed by atoms with E-state index < -0.39 is 24.2 Å². The Hall–Kier alpha value is -3.93. The van der Waals surface area contributed by atoms with Crippen molar-refractivity contribution in [2.45, 2.75) is 45.4 Å². The Morgan fingerprint density at radius 2 is 1.97 bits per heavy atom. The molecule has 0 bridgehead atoms. The maximum atomic E-state index is 13.1. The fraction of sp³-hybridized carbons (Fsp3) is 0.435. The Kier molecular flexibility index (Phi) is 10.7. The van der Waals surface area contributed by atoms with Crippen molar-refractivity contribution in [1.82, 2.24) is 25.6 Å². The summed E-state index contributed by atoms with van der Waals surface area (Å²) in [5.41, 5.74) is 6.86. The average molecular weight is 488 g/mol. The van der Waals surface area contributed by atoms with E-state index in [-0.39, 0.29) is 31.6 Å². The van der Waals surface area contributed by atoms with Gasteiger partial charge in [-0.25, -0.2) is 14.3 Å². The molecule has 1 aromatic heterocycles. The highest BCUT2D eigenvalue weighted by atomic mass is 16.5. The smallest absolute Gasteiger partial charge is 0.407 e. The average Bonchev–Trinajstić information content (AvgIpc) is 3.30. The summed E-state index contributed by atoms with van der Waals surface area (Å²) in [7, 11) is 0. The summed E-state index contributed by atoms with van der Waals surface area (Å²) in [6, 6.07) is 4.91. The molecule has 2 rings (SSSR count). The standard InChI is InChI=1S/C23H33N7O5/c1-4-12-35-23(34)27-20(15(2)3)18-13-30(29-28-18)19(6-5-11-25-22(24)33)21(32)26-17-9-7-16(14-31)8-10-17/h4,7-10,13,15,19-20,31H,1,5-6,11-12,14H2,2-3H3,(H,26,32)(H,27,34)(H3,24,25,33)/t19-,20?/m0/s1. The second-order valence-corrected chi connectivity index (χ2v) is 8.17. The molecule has 35 heavy (non-hydrogen) atoms. The number of rotatable bonds is 13. The molecule has 1 unspecified atom stereocenters. The van der Waals surface area contributed by atoms with Gasteiger partial charge in [0.05, 0.1) is 18.8 Å². The van der Waals surface area contributed by atoms with E-state index in [1.807, 2.05) is 13.8 Å². The SMILES string of the molecule is C=CCOC(=O)NC(c1cn([C@@H](CCCNC(N)=O)C(=O)Nc2ccc(CO)cc2)nn1)C(C)C. The van der Waals surface area contributed by atoms with Gasteiger partial charge in [-0.05, 0) is 36.5 Å². The van der Waals surface area contributed by atoms with Crippen LogP contribution >= 0.6 is 0 Å². The molecule has 0 saturated heterocycles. The number of anilines is 1. The molecule has 0 radical (unpaired) electrons. The Morgan fingerprint density at radius 1 is 1.26 bits per heavy atom. The number of ether oxygens (including phenoxy) is 1. The van der Waals surface area contributed by atoms with Crippen molar-refractivity contribution in [3.05, 3.63) is 54.4 Å². The number of hydrogen-bond donors (Lipinski definition) is 5. The van der Waals surface area contributed by atoms with Crippen molar-refractivity contribution in [3.63, 3.8) is 0 Å². The number of alkyl carbamates (subject to hydrolysis) is 1. The van der Waals surface area contributed by atoms with E-state index >= 15 is 0 Å². The number of primary amides is 1. The second kappa shape index (κ2) is 13.7. The van der Waals surface area contributed by atoms with Crippen LogP contribution in [-0.4, -0.2) is 51.3 Å². The summed E-state index contributed by atoms with van der Waals surface area (Å²) in [5.74, 6) is -0.370. The molecular formula is C23H33N7O5. The van der Waals surface area contributed by atoms with Crippen LogP contribution in [0, 0.1) is 5.92 Å². The number of aromatic nitrogens is 3. The molecule has 2 atom stereocenters. The van der Waals surface area contributed by atoms with Crippen LogP contribution < -0.4 is 21.7 Å². The summed E-state index contributed by atoms with van der Waals surface area (Å²) in [4.78, 5) is 36.2. The monoisotopic (exact) mass is 487 g/mol. The fourth-order valence-corrected chi connectivity index (χ4v) is 3.28. The molecule has 0 saturated carbocycles. The van der Waals surface area contributed by atoms with Crippen molar-refractivity contribution in [2.75, 3.05) is 18.5 Å². The molecule has 2 aromatic rings. The van der Waals surface area contributed by atoms with Crippen LogP contribution in [0.1, 0.15) is 50.0 Å². The minimum atomic E-state index is -0.746. The molecule has 12 nitrogen and oxygen atoms in total. The zero-order valence-electron chi connectivity index (χ0n) is 19.9. The number of benzene rings is 1. The molecule has 0 fully saturated rings. The summed E-state index contributed by atoms with van der Waals surface area (Å²) in [6.45, 7) is 7.60. The lowest BCUT2D eigenvalue weighted by molar-refractivity contribution is -0.119. The van der Waals surface area contributed by atoms with Crippen LogP contribution in [0.5, 0.6) is 0 Å². The lowest BCUT2D eigenvalue weighted by atomic mass is 10.0. The normalized spacial score (nSPS) is 12.5. The van der Waals surface area contributed by atoms with Gasteiger partial charge < -0.3 is 31.5 Å². The number of urea groups is 1. The van der Waals surface area contributed by atoms with Gasteiger partial charge in [0, 0.05) is 12.2 Å². The van der Waals surface area contributed by atoms with Crippen LogP contribution in [0.4, 0.5) is 15.3 Å². The Bertz CT molecular complexity index is 990. The van der Waals surface area contributed by atoms with Crippen molar-refractivity contribution < 1.29 is 24.2 Å². The predicted octanol–water partition coefficient (Wildman–Crippen LogP) is 2.01. The number of nitrogens with one attached hydrogen (secondary N) is 3. The molecule has 1 aromatic carbocycles. The van der Waals surface area contributed by atoms with Gasteiger partial charge in [-0.15, -0.1) is 5.10 Å². The third-order valence-electron chi connectivity index (χ3n) is 5.10. The number of nitrogens with zero attached hydrogens (tertiary/aromatic N) is 3. The van der Waals surface area contributed by atoms with E-state index in [2.05, 4.69) is 32.8 Å². The zero-order valence-corrected chi connectivity index (χ0v) is 19.9. The van der Waals surface area contributed by atoms with Gasteiger partial charge in [0.15, 0.2) is 0 Å². The van der Waals surface area contributed by atoms with Gasteiger partial charge in [-0.1, -0.05) is 43.8 Å². The van der Waals surface area contributed by atoms with E-state index in [1.165, 1.54) is 10.8 Å². The third-order valence-corrected chi connectivity index (χ3v) is 5.10. The van der Waals surface area contributed by atoms with Gasteiger partial charge in [-0.3, -0.25) is 4.79 Å². The molecule has 1 heterocycles. The molecule has 6 N–H and O–H groups in total. The van der Waals surface area contributed by atoms with Gasteiger partial charge >= 0.3 is 12.1 Å². The minimum Gasteiger partial charge on any atom is -0.445 e. The first-order chi connectivity index (χ1) is 16.7. The molecule has 0 aliphatic carbocycles. The number of nitrogens with two attached hydrogens (primary N) is 1. The van der Waals surface area contributed by atoms with Gasteiger partial charge in [0.1, 0.15) is 18.3 Å². The van der Waals surface area contributed by atoms with E-state index in [0.717, 1.165) is 5.56 Å². The van der Waals surface area contributed by atoms with Gasteiger partial charge in [0.2, 0.25) is 5.91 Å². The Labute approximate surface area is 203 Å². The summed E-state index contributed by atoms with van der Waals surface area (Å²) in [6.07, 6.45) is 3.26. The summed E-state index contributed by atoms with van der Waals surface area (Å²) >= 11 is 0. The molecule has 12 heteroatoms. The highest BCUT2D eigenvalue weighted by Gasteiger charge is 2.26. The van der Waals surface area contributed by atoms with Crippen molar-refractivity contribution in [3.8, 4) is 0 Å². The van der Waals surface area contributed by atoms with Crippen LogP contribution in [0.2, 0.25) is 0 Å². The lowest BCUT2D eigenvalue weighted by Gasteiger charge is -2.20. The van der Waals surface area contributed by atoms with Gasteiger partial charge in [0.25, 0.3) is 0 Å². The maximum absolute atomic E-state index is 13.1. The van der Waals surface area contributed by atoms with Crippen LogP contribution in [0.15, 0.2) is 43.1 Å². The summed E-state index contributed by atoms with van der Waals surface area (Å²) in [5, 5.41) is 25.6. The second-order valence-electron chi connectivity index (χ2n) is 8.17. The zero-order chi connectivity index (χ0) is 25.8. The van der Waals surface area contributed by atoms with Gasteiger partial charge in [-0.2, -0.15) is 0 Å². The molecule has 190 valence electrons. The Balaban J connectivity index is 2.21. The third kappa shape index (κ3) is 8.74. The maximum Gasteiger partial charge on any atom is 0.407 e. The topological polar surface area (TPSA) is 173 Å². The van der Waals surface area contributed by atoms with Crippen molar-refractivity contribution in [2.24, 2.45) is 11.7 Å². The number of hydrogen-bond acceptors (Lipinski definition) is 7. The highest BCUT2D eigenvalue weighted by molar-refractivity contribution is 5.93. The van der Waals surface area contributed by atoms with E-state index in [9.17, 15) is 19.5 Å². The number of aliphatic hydroxyl groups excluding tert-OH is 1. The molecule has 0 spiro atoms. The first-order valence-corrected chi connectivity index (χ1v) is 11.2. The number of carbonyl (C=O) groups is 3. The van der Waals surface area contributed by atoms with Crippen molar-refractivity contribution >= 4 is 23.7 Å². The molecule has 0 aliphatic rings. The minimum absolute atomic E-state index is 0.0338. The highest BCUT2D eigenvalue weighted by Crippen LogP contribution is 2.23. The first-order valence-electron chi connectivity index (χ1n) is 11.2. The molecular weight excluding hydrogens is 454 g/mol. The number of carbonyl (C=O) groups excluding carboxylic acids is 3. The molecule has 4 amide bonds. The lowest BCUT2D eigenvalue weighted by Crippen LogP contribution is -2.32. The van der Waals surface area contributed by atoms with E-state index in [0.29, 0.717) is 24.2 Å². The Morgan fingerprint density at radius 3 is 2.57 bits per heavy atom. The predicted molar refractivity (Wildman–Crippen MR) is 129 cm³/mol. The van der Waals surface area contributed by atoms with E-state index in [1.54, 1.807) is 30.5 Å². The largest absolute Gasteiger partial charge is 0.445 e. The fourth-order valence-electron chi connectivity index (χ4n) is 3.28. The number of aliphatic hydroxyl groups is 1. The van der Waals surface area contributed by atoms with E-state index in [4.69, 9.17) is 10.5 Å². The van der Waals surface area contributed by atoms with Crippen LogP contribution in [0.3, 0.4) is 0 Å². The molecule has 0 aliphatic heterocycles.